The molecule has 0 aromatic heterocycles. The van der Waals surface area contributed by atoms with Crippen LogP contribution in [-0.2, 0) is 0 Å². The Balaban J connectivity index is 0.00000200. The molecular weight excluding hydrogens is 365 g/mol. The summed E-state index contributed by atoms with van der Waals surface area (Å²) in [7, 11) is 4.06. The highest BCUT2D eigenvalue weighted by Gasteiger charge is 2.21. The molecule has 0 bridgehead atoms. The van der Waals surface area contributed by atoms with Crippen LogP contribution >= 0.6 is 24.0 Å². The van der Waals surface area contributed by atoms with Crippen LogP contribution in [0.3, 0.4) is 0 Å². The van der Waals surface area contributed by atoms with Crippen LogP contribution < -0.4 is 10.6 Å². The summed E-state index contributed by atoms with van der Waals surface area (Å²) < 4.78 is 0. The molecule has 1 aliphatic heterocycles. The average Bonchev–Trinajstić information content (AvgIpc) is 3.23. The van der Waals surface area contributed by atoms with Gasteiger partial charge in [-0.25, -0.2) is 0 Å². The zero-order chi connectivity index (χ0) is 13.5. The third-order valence-corrected chi connectivity index (χ3v) is 4.01. The lowest BCUT2D eigenvalue weighted by Gasteiger charge is -2.21. The summed E-state index contributed by atoms with van der Waals surface area (Å²) in [4.78, 5) is 9.24. The summed E-state index contributed by atoms with van der Waals surface area (Å²) in [5, 5.41) is 6.82. The molecule has 0 spiro atoms. The van der Waals surface area contributed by atoms with Gasteiger partial charge in [-0.3, -0.25) is 4.99 Å². The van der Waals surface area contributed by atoms with E-state index in [9.17, 15) is 0 Å². The Morgan fingerprint density at radius 3 is 2.65 bits per heavy atom. The molecule has 0 amide bonds. The van der Waals surface area contributed by atoms with Crippen molar-refractivity contribution in [3.05, 3.63) is 0 Å². The average molecular weight is 395 g/mol. The van der Waals surface area contributed by atoms with Crippen LogP contribution in [-0.4, -0.2) is 75.7 Å². The summed E-state index contributed by atoms with van der Waals surface area (Å²) in [5.41, 5.74) is 0. The van der Waals surface area contributed by atoms with Gasteiger partial charge in [0, 0.05) is 39.8 Å². The molecule has 5 nitrogen and oxygen atoms in total. The predicted molar refractivity (Wildman–Crippen MR) is 96.1 cm³/mol. The van der Waals surface area contributed by atoms with Crippen molar-refractivity contribution in [3.8, 4) is 0 Å². The third-order valence-electron chi connectivity index (χ3n) is 4.01. The van der Waals surface area contributed by atoms with Gasteiger partial charge in [-0.2, -0.15) is 0 Å². The second-order valence-electron chi connectivity index (χ2n) is 5.82. The molecule has 1 heterocycles. The van der Waals surface area contributed by atoms with Crippen LogP contribution in [0.4, 0.5) is 0 Å². The minimum atomic E-state index is 0. The van der Waals surface area contributed by atoms with Crippen LogP contribution in [0.25, 0.3) is 0 Å². The highest BCUT2D eigenvalue weighted by molar-refractivity contribution is 14.0. The molecule has 2 rings (SSSR count). The molecule has 1 aliphatic carbocycles. The predicted octanol–water partition coefficient (Wildman–Crippen LogP) is 0.817. The molecule has 2 fully saturated rings. The lowest BCUT2D eigenvalue weighted by Crippen LogP contribution is -2.42. The molecule has 0 aromatic rings. The van der Waals surface area contributed by atoms with E-state index in [1.807, 2.05) is 7.05 Å². The van der Waals surface area contributed by atoms with Crippen molar-refractivity contribution >= 4 is 29.9 Å². The molecule has 0 unspecified atom stereocenters. The Hall–Kier alpha value is -0.0800. The fourth-order valence-corrected chi connectivity index (χ4v) is 2.44. The Morgan fingerprint density at radius 2 is 1.95 bits per heavy atom. The summed E-state index contributed by atoms with van der Waals surface area (Å²) in [6, 6.07) is 0. The van der Waals surface area contributed by atoms with E-state index in [2.05, 4.69) is 32.5 Å². The van der Waals surface area contributed by atoms with E-state index >= 15 is 0 Å². The minimum Gasteiger partial charge on any atom is -0.356 e. The Morgan fingerprint density at radius 1 is 1.15 bits per heavy atom. The number of nitrogens with zero attached hydrogens (tertiary/aromatic N) is 3. The van der Waals surface area contributed by atoms with Crippen molar-refractivity contribution in [2.75, 3.05) is 59.9 Å². The van der Waals surface area contributed by atoms with Gasteiger partial charge in [0.2, 0.25) is 0 Å². The van der Waals surface area contributed by atoms with Crippen molar-refractivity contribution in [3.63, 3.8) is 0 Å². The number of nitrogens with one attached hydrogen (secondary N) is 2. The maximum Gasteiger partial charge on any atom is 0.191 e. The zero-order valence-corrected chi connectivity index (χ0v) is 15.2. The quantitative estimate of drug-likeness (QED) is 0.411. The maximum atomic E-state index is 4.27. The van der Waals surface area contributed by atoms with Crippen molar-refractivity contribution in [1.29, 1.82) is 0 Å². The number of hydrogen-bond acceptors (Lipinski definition) is 3. The summed E-state index contributed by atoms with van der Waals surface area (Å²) in [6.07, 6.45) is 4.04. The van der Waals surface area contributed by atoms with Gasteiger partial charge in [0.25, 0.3) is 0 Å². The number of halogens is 1. The molecular formula is C14H30IN5. The van der Waals surface area contributed by atoms with E-state index in [0.717, 1.165) is 31.5 Å². The van der Waals surface area contributed by atoms with E-state index < -0.39 is 0 Å². The molecule has 1 saturated heterocycles. The first kappa shape index (κ1) is 18.0. The first-order chi connectivity index (χ1) is 9.28. The van der Waals surface area contributed by atoms with Gasteiger partial charge in [0.15, 0.2) is 5.96 Å². The standard InChI is InChI=1S/C14H29N5.HI/c1-15-14(17-12-13-4-5-13)16-6-9-19-8-3-7-18(2)10-11-19;/h13H,3-12H2,1-2H3,(H2,15,16,17);1H. The van der Waals surface area contributed by atoms with Gasteiger partial charge in [0.1, 0.15) is 0 Å². The molecule has 2 N–H and O–H groups in total. The van der Waals surface area contributed by atoms with E-state index in [1.54, 1.807) is 0 Å². The summed E-state index contributed by atoms with van der Waals surface area (Å²) in [5.74, 6) is 1.85. The van der Waals surface area contributed by atoms with Crippen molar-refractivity contribution < 1.29 is 0 Å². The summed E-state index contributed by atoms with van der Waals surface area (Å²) in [6.45, 7) is 8.00. The Bertz CT molecular complexity index is 293. The van der Waals surface area contributed by atoms with Crippen LogP contribution in [0.15, 0.2) is 4.99 Å². The fourth-order valence-electron chi connectivity index (χ4n) is 2.44. The molecule has 20 heavy (non-hydrogen) atoms. The van der Waals surface area contributed by atoms with Gasteiger partial charge in [-0.05, 0) is 45.3 Å². The molecule has 118 valence electrons. The second kappa shape index (κ2) is 9.78. The van der Waals surface area contributed by atoms with E-state index in [1.165, 1.54) is 45.4 Å². The van der Waals surface area contributed by atoms with Crippen molar-refractivity contribution in [1.82, 2.24) is 20.4 Å². The van der Waals surface area contributed by atoms with Crippen LogP contribution in [0.2, 0.25) is 0 Å². The van der Waals surface area contributed by atoms with E-state index in [4.69, 9.17) is 0 Å². The monoisotopic (exact) mass is 395 g/mol. The zero-order valence-electron chi connectivity index (χ0n) is 12.9. The minimum absolute atomic E-state index is 0. The number of hydrogen-bond donors (Lipinski definition) is 2. The lowest BCUT2D eigenvalue weighted by molar-refractivity contribution is 0.280. The molecule has 0 aromatic carbocycles. The second-order valence-corrected chi connectivity index (χ2v) is 5.82. The number of likely N-dealkylation sites (N-methyl/N-ethyl adjacent to an activating group) is 1. The molecule has 1 saturated carbocycles. The first-order valence-corrected chi connectivity index (χ1v) is 7.63. The normalized spacial score (nSPS) is 22.0. The Kier molecular flexibility index (Phi) is 8.79. The summed E-state index contributed by atoms with van der Waals surface area (Å²) >= 11 is 0. The first-order valence-electron chi connectivity index (χ1n) is 7.63. The molecule has 0 atom stereocenters. The van der Waals surface area contributed by atoms with Crippen LogP contribution in [0, 0.1) is 5.92 Å². The van der Waals surface area contributed by atoms with Crippen molar-refractivity contribution in [2.45, 2.75) is 19.3 Å². The highest BCUT2D eigenvalue weighted by atomic mass is 127. The van der Waals surface area contributed by atoms with E-state index in [-0.39, 0.29) is 24.0 Å². The Labute approximate surface area is 140 Å². The number of rotatable bonds is 5. The number of guanidine groups is 1. The highest BCUT2D eigenvalue weighted by Crippen LogP contribution is 2.27. The molecule has 2 aliphatic rings. The van der Waals surface area contributed by atoms with Gasteiger partial charge in [-0.1, -0.05) is 0 Å². The molecule has 6 heteroatoms. The molecule has 0 radical (unpaired) electrons. The van der Waals surface area contributed by atoms with E-state index in [0.29, 0.717) is 0 Å². The largest absolute Gasteiger partial charge is 0.356 e. The van der Waals surface area contributed by atoms with Gasteiger partial charge in [0.05, 0.1) is 0 Å². The smallest absolute Gasteiger partial charge is 0.191 e. The maximum absolute atomic E-state index is 4.27. The SMILES string of the molecule is CN=C(NCCN1CCCN(C)CC1)NCC1CC1.I. The van der Waals surface area contributed by atoms with Crippen LogP contribution in [0.5, 0.6) is 0 Å². The van der Waals surface area contributed by atoms with Gasteiger partial charge in [-0.15, -0.1) is 24.0 Å². The number of aliphatic imine (C=N–C) groups is 1. The van der Waals surface area contributed by atoms with Crippen molar-refractivity contribution in [2.24, 2.45) is 10.9 Å². The third kappa shape index (κ3) is 7.08. The topological polar surface area (TPSA) is 42.9 Å². The van der Waals surface area contributed by atoms with Crippen LogP contribution in [0.1, 0.15) is 19.3 Å². The lowest BCUT2D eigenvalue weighted by atomic mass is 10.4. The van der Waals surface area contributed by atoms with Gasteiger partial charge < -0.3 is 20.4 Å². The fraction of sp³-hybridized carbons (Fsp3) is 0.929. The van der Waals surface area contributed by atoms with Gasteiger partial charge >= 0.3 is 0 Å².